The van der Waals surface area contributed by atoms with Gasteiger partial charge in [0.05, 0.1) is 13.2 Å². The number of carbonyl (C=O) groups is 2. The zero-order chi connectivity index (χ0) is 14.5. The molecule has 0 saturated carbocycles. The number of aliphatic carboxylic acids is 1. The van der Waals surface area contributed by atoms with E-state index in [2.05, 4.69) is 5.32 Å². The first-order chi connectivity index (χ1) is 9.58. The largest absolute Gasteiger partial charge is 0.480 e. The maximum atomic E-state index is 12.2. The lowest BCUT2D eigenvalue weighted by atomic mass is 10.2. The summed E-state index contributed by atoms with van der Waals surface area (Å²) in [7, 11) is 0. The molecule has 0 radical (unpaired) electrons. The summed E-state index contributed by atoms with van der Waals surface area (Å²) >= 11 is 1.64. The van der Waals surface area contributed by atoms with E-state index in [1.54, 1.807) is 11.3 Å². The Balaban J connectivity index is 1.90. The molecule has 7 heteroatoms. The smallest absolute Gasteiger partial charge is 0.328 e. The Morgan fingerprint density at radius 3 is 3.10 bits per heavy atom. The van der Waals surface area contributed by atoms with Crippen LogP contribution in [0.5, 0.6) is 0 Å². The third-order valence-electron chi connectivity index (χ3n) is 3.13. The third-order valence-corrected chi connectivity index (χ3v) is 4.03. The molecule has 1 aliphatic heterocycles. The van der Waals surface area contributed by atoms with Crippen LogP contribution in [0.3, 0.4) is 0 Å². The molecule has 0 aliphatic carbocycles. The molecule has 1 fully saturated rings. The van der Waals surface area contributed by atoms with E-state index in [4.69, 9.17) is 9.84 Å². The fraction of sp³-hybridized carbons (Fsp3) is 0.538. The molecule has 110 valence electrons. The Morgan fingerprint density at radius 1 is 1.65 bits per heavy atom. The number of morpholine rings is 1. The summed E-state index contributed by atoms with van der Waals surface area (Å²) in [6.45, 7) is 2.63. The third kappa shape index (κ3) is 3.71. The van der Waals surface area contributed by atoms with Gasteiger partial charge >= 0.3 is 12.0 Å². The number of carboxylic acids is 1. The minimum absolute atomic E-state index is 0.0431. The minimum atomic E-state index is -1.04. The van der Waals surface area contributed by atoms with E-state index in [0.717, 1.165) is 6.42 Å². The van der Waals surface area contributed by atoms with E-state index in [-0.39, 0.29) is 18.7 Å². The Kier molecular flexibility index (Phi) is 4.97. The zero-order valence-electron chi connectivity index (χ0n) is 11.2. The number of amides is 2. The number of nitrogens with zero attached hydrogens (tertiary/aromatic N) is 1. The molecule has 0 spiro atoms. The lowest BCUT2D eigenvalue weighted by Crippen LogP contribution is -2.57. The Labute approximate surface area is 121 Å². The van der Waals surface area contributed by atoms with E-state index in [1.165, 1.54) is 9.78 Å². The quantitative estimate of drug-likeness (QED) is 0.874. The van der Waals surface area contributed by atoms with Crippen LogP contribution in [0.4, 0.5) is 4.79 Å². The molecule has 20 heavy (non-hydrogen) atoms. The van der Waals surface area contributed by atoms with Crippen LogP contribution in [-0.2, 0) is 16.0 Å². The van der Waals surface area contributed by atoms with Gasteiger partial charge in [0.25, 0.3) is 0 Å². The van der Waals surface area contributed by atoms with Crippen molar-refractivity contribution in [3.63, 3.8) is 0 Å². The number of urea groups is 1. The van der Waals surface area contributed by atoms with Crippen molar-refractivity contribution < 1.29 is 19.4 Å². The fourth-order valence-electron chi connectivity index (χ4n) is 2.13. The normalized spacial score (nSPS) is 20.4. The van der Waals surface area contributed by atoms with Crippen molar-refractivity contribution in [2.75, 3.05) is 19.8 Å². The van der Waals surface area contributed by atoms with Crippen LogP contribution in [0.2, 0.25) is 0 Å². The van der Waals surface area contributed by atoms with Crippen molar-refractivity contribution in [3.05, 3.63) is 22.4 Å². The second-order valence-corrected chi connectivity index (χ2v) is 5.79. The number of hydrogen-bond acceptors (Lipinski definition) is 4. The lowest BCUT2D eigenvalue weighted by molar-refractivity contribution is -0.147. The predicted octanol–water partition coefficient (Wildman–Crippen LogP) is 1.17. The SMILES string of the molecule is CC(Cc1cccs1)NC(=O)N1CCOCC1C(=O)O. The van der Waals surface area contributed by atoms with Crippen LogP contribution < -0.4 is 5.32 Å². The van der Waals surface area contributed by atoms with Crippen molar-refractivity contribution in [2.45, 2.75) is 25.4 Å². The van der Waals surface area contributed by atoms with Gasteiger partial charge in [0, 0.05) is 23.9 Å². The first-order valence-corrected chi connectivity index (χ1v) is 7.36. The highest BCUT2D eigenvalue weighted by atomic mass is 32.1. The first kappa shape index (κ1) is 14.8. The standard InChI is InChI=1S/C13H18N2O4S/c1-9(7-10-3-2-6-20-10)14-13(18)15-4-5-19-8-11(15)12(16)17/h2-3,6,9,11H,4-5,7-8H2,1H3,(H,14,18)(H,16,17). The van der Waals surface area contributed by atoms with Crippen LogP contribution >= 0.6 is 11.3 Å². The topological polar surface area (TPSA) is 78.9 Å². The van der Waals surface area contributed by atoms with Crippen LogP contribution in [0.25, 0.3) is 0 Å². The van der Waals surface area contributed by atoms with Gasteiger partial charge in [-0.25, -0.2) is 9.59 Å². The van der Waals surface area contributed by atoms with Crippen LogP contribution in [-0.4, -0.2) is 53.8 Å². The highest BCUT2D eigenvalue weighted by molar-refractivity contribution is 7.09. The van der Waals surface area contributed by atoms with Crippen molar-refractivity contribution >= 4 is 23.3 Å². The molecular formula is C13H18N2O4S. The molecule has 2 amide bonds. The summed E-state index contributed by atoms with van der Waals surface area (Å²) in [5.41, 5.74) is 0. The highest BCUT2D eigenvalue weighted by Crippen LogP contribution is 2.12. The Morgan fingerprint density at radius 2 is 2.45 bits per heavy atom. The van der Waals surface area contributed by atoms with Crippen LogP contribution in [0, 0.1) is 0 Å². The number of nitrogens with one attached hydrogen (secondary N) is 1. The summed E-state index contributed by atoms with van der Waals surface area (Å²) in [5.74, 6) is -1.04. The van der Waals surface area contributed by atoms with E-state index in [1.807, 2.05) is 24.4 Å². The van der Waals surface area contributed by atoms with Crippen molar-refractivity contribution in [2.24, 2.45) is 0 Å². The minimum Gasteiger partial charge on any atom is -0.480 e. The van der Waals surface area contributed by atoms with Gasteiger partial charge < -0.3 is 20.1 Å². The summed E-state index contributed by atoms with van der Waals surface area (Å²) in [5, 5.41) is 13.9. The van der Waals surface area contributed by atoms with Gasteiger partial charge in [-0.3, -0.25) is 0 Å². The first-order valence-electron chi connectivity index (χ1n) is 6.48. The van der Waals surface area contributed by atoms with Crippen molar-refractivity contribution in [1.82, 2.24) is 10.2 Å². The number of thiophene rings is 1. The molecular weight excluding hydrogens is 280 g/mol. The molecule has 1 saturated heterocycles. The number of carbonyl (C=O) groups excluding carboxylic acids is 1. The molecule has 2 atom stereocenters. The van der Waals surface area contributed by atoms with Crippen LogP contribution in [0.1, 0.15) is 11.8 Å². The van der Waals surface area contributed by atoms with Gasteiger partial charge in [0.1, 0.15) is 0 Å². The molecule has 6 nitrogen and oxygen atoms in total. The number of hydrogen-bond donors (Lipinski definition) is 2. The molecule has 2 rings (SSSR count). The zero-order valence-corrected chi connectivity index (χ0v) is 12.1. The number of rotatable bonds is 4. The van der Waals surface area contributed by atoms with Gasteiger partial charge in [0.2, 0.25) is 0 Å². The summed E-state index contributed by atoms with van der Waals surface area (Å²) in [6.07, 6.45) is 0.742. The average Bonchev–Trinajstić information content (AvgIpc) is 2.91. The molecule has 2 N–H and O–H groups in total. The summed E-state index contributed by atoms with van der Waals surface area (Å²) in [4.78, 5) is 25.8. The van der Waals surface area contributed by atoms with E-state index < -0.39 is 12.0 Å². The molecule has 1 aromatic rings. The highest BCUT2D eigenvalue weighted by Gasteiger charge is 2.33. The average molecular weight is 298 g/mol. The van der Waals surface area contributed by atoms with Gasteiger partial charge in [0.15, 0.2) is 6.04 Å². The van der Waals surface area contributed by atoms with E-state index in [9.17, 15) is 9.59 Å². The van der Waals surface area contributed by atoms with Gasteiger partial charge in [-0.15, -0.1) is 11.3 Å². The number of ether oxygens (including phenoxy) is 1. The van der Waals surface area contributed by atoms with Gasteiger partial charge in [-0.05, 0) is 18.4 Å². The Hall–Kier alpha value is -1.60. The van der Waals surface area contributed by atoms with Gasteiger partial charge in [-0.2, -0.15) is 0 Å². The molecule has 2 unspecified atom stereocenters. The summed E-state index contributed by atoms with van der Waals surface area (Å²) < 4.78 is 5.11. The fourth-order valence-corrected chi connectivity index (χ4v) is 2.96. The summed E-state index contributed by atoms with van der Waals surface area (Å²) in [6, 6.07) is 2.69. The molecule has 0 bridgehead atoms. The van der Waals surface area contributed by atoms with Crippen molar-refractivity contribution in [3.8, 4) is 0 Å². The van der Waals surface area contributed by atoms with Crippen molar-refractivity contribution in [1.29, 1.82) is 0 Å². The van der Waals surface area contributed by atoms with Crippen LogP contribution in [0.15, 0.2) is 17.5 Å². The maximum Gasteiger partial charge on any atom is 0.328 e. The Bertz CT molecular complexity index is 463. The number of carboxylic acid groups (broad SMARTS) is 1. The second-order valence-electron chi connectivity index (χ2n) is 4.76. The molecule has 1 aliphatic rings. The second kappa shape index (κ2) is 6.71. The van der Waals surface area contributed by atoms with Gasteiger partial charge in [-0.1, -0.05) is 6.07 Å². The van der Waals surface area contributed by atoms with E-state index >= 15 is 0 Å². The lowest BCUT2D eigenvalue weighted by Gasteiger charge is -2.33. The molecule has 0 aromatic carbocycles. The maximum absolute atomic E-state index is 12.2. The van der Waals surface area contributed by atoms with E-state index in [0.29, 0.717) is 13.2 Å². The monoisotopic (exact) mass is 298 g/mol. The predicted molar refractivity (Wildman–Crippen MR) is 75.0 cm³/mol. The molecule has 1 aromatic heterocycles. The molecule has 2 heterocycles.